The Labute approximate surface area is 126 Å². The predicted molar refractivity (Wildman–Crippen MR) is 81.1 cm³/mol. The molecule has 0 saturated carbocycles. The number of ether oxygens (including phenoxy) is 1. The van der Waals surface area contributed by atoms with Gasteiger partial charge in [-0.05, 0) is 30.7 Å². The molecule has 0 saturated heterocycles. The van der Waals surface area contributed by atoms with Crippen LogP contribution in [0.15, 0.2) is 52.3 Å². The van der Waals surface area contributed by atoms with E-state index in [-0.39, 0.29) is 17.2 Å². The number of hydrogen-bond acceptors (Lipinski definition) is 5. The fourth-order valence-corrected chi connectivity index (χ4v) is 2.62. The minimum Gasteiger partial charge on any atom is -0.508 e. The maximum Gasteiger partial charge on any atom is 0.310 e. The van der Waals surface area contributed by atoms with Crippen molar-refractivity contribution >= 4 is 17.4 Å². The number of nitrogens with zero attached hydrogens (tertiary/aromatic N) is 1. The summed E-state index contributed by atoms with van der Waals surface area (Å²) >= 11 is 1.41. The van der Waals surface area contributed by atoms with Crippen LogP contribution in [0.1, 0.15) is 13.3 Å². The van der Waals surface area contributed by atoms with Crippen LogP contribution in [0.25, 0.3) is 0 Å². The average molecular weight is 305 g/mol. The van der Waals surface area contributed by atoms with E-state index >= 15 is 0 Å². The van der Waals surface area contributed by atoms with Gasteiger partial charge in [-0.25, -0.2) is 0 Å². The smallest absolute Gasteiger partial charge is 0.310 e. The minimum absolute atomic E-state index is 0.0382. The highest BCUT2D eigenvalue weighted by molar-refractivity contribution is 7.99. The van der Waals surface area contributed by atoms with E-state index in [1.165, 1.54) is 17.8 Å². The molecule has 0 spiro atoms. The van der Waals surface area contributed by atoms with Crippen molar-refractivity contribution in [1.82, 2.24) is 0 Å². The summed E-state index contributed by atoms with van der Waals surface area (Å²) in [5.74, 6) is 0.455. The van der Waals surface area contributed by atoms with Gasteiger partial charge < -0.3 is 9.84 Å². The monoisotopic (exact) mass is 305 g/mol. The molecule has 0 unspecified atom stereocenters. The second-order valence-electron chi connectivity index (χ2n) is 4.33. The van der Waals surface area contributed by atoms with E-state index in [2.05, 4.69) is 0 Å². The number of aromatic hydroxyl groups is 1. The van der Waals surface area contributed by atoms with E-state index < -0.39 is 4.92 Å². The maximum absolute atomic E-state index is 11.0. The van der Waals surface area contributed by atoms with Gasteiger partial charge in [-0.15, -0.1) is 0 Å². The number of nitro groups is 1. The lowest BCUT2D eigenvalue weighted by Gasteiger charge is -2.08. The van der Waals surface area contributed by atoms with Gasteiger partial charge in [-0.3, -0.25) is 10.1 Å². The molecule has 110 valence electrons. The highest BCUT2D eigenvalue weighted by Crippen LogP contribution is 2.36. The van der Waals surface area contributed by atoms with Gasteiger partial charge in [0.05, 0.1) is 11.5 Å². The van der Waals surface area contributed by atoms with Gasteiger partial charge in [0.2, 0.25) is 0 Å². The van der Waals surface area contributed by atoms with Crippen molar-refractivity contribution in [3.05, 3.63) is 52.6 Å². The summed E-state index contributed by atoms with van der Waals surface area (Å²) in [6, 6.07) is 11.6. The molecule has 2 aromatic rings. The van der Waals surface area contributed by atoms with Crippen LogP contribution in [-0.2, 0) is 0 Å². The topological polar surface area (TPSA) is 72.6 Å². The van der Waals surface area contributed by atoms with E-state index in [9.17, 15) is 15.2 Å². The Morgan fingerprint density at radius 1 is 1.24 bits per heavy atom. The minimum atomic E-state index is -0.451. The van der Waals surface area contributed by atoms with Crippen LogP contribution in [0.4, 0.5) is 5.69 Å². The number of hydrogen-bond donors (Lipinski definition) is 1. The SMILES string of the molecule is CCCOc1cc(Sc2cccc(O)c2)ccc1[N+](=O)[O-]. The molecular formula is C15H15NO4S. The lowest BCUT2D eigenvalue weighted by molar-refractivity contribution is -0.385. The number of phenolic OH excluding ortho intramolecular Hbond substituents is 1. The van der Waals surface area contributed by atoms with Gasteiger partial charge in [-0.1, -0.05) is 24.8 Å². The molecule has 0 aliphatic heterocycles. The highest BCUT2D eigenvalue weighted by Gasteiger charge is 2.16. The van der Waals surface area contributed by atoms with E-state index in [1.807, 2.05) is 13.0 Å². The van der Waals surface area contributed by atoms with E-state index in [0.29, 0.717) is 6.61 Å². The molecule has 0 aliphatic rings. The summed E-state index contributed by atoms with van der Waals surface area (Å²) < 4.78 is 5.45. The first-order valence-electron chi connectivity index (χ1n) is 6.48. The first-order valence-corrected chi connectivity index (χ1v) is 7.30. The second-order valence-corrected chi connectivity index (χ2v) is 5.48. The standard InChI is InChI=1S/C15H15NO4S/c1-2-8-20-15-10-13(6-7-14(15)16(18)19)21-12-5-3-4-11(17)9-12/h3-7,9-10,17H,2,8H2,1H3. The fraction of sp³-hybridized carbons (Fsp3) is 0.200. The summed E-state index contributed by atoms with van der Waals surface area (Å²) in [6.07, 6.45) is 0.779. The zero-order valence-corrected chi connectivity index (χ0v) is 12.3. The van der Waals surface area contributed by atoms with E-state index in [4.69, 9.17) is 4.74 Å². The molecule has 0 aromatic heterocycles. The van der Waals surface area contributed by atoms with Crippen molar-refractivity contribution in [3.8, 4) is 11.5 Å². The van der Waals surface area contributed by atoms with Gasteiger partial charge in [-0.2, -0.15) is 0 Å². The predicted octanol–water partition coefficient (Wildman–Crippen LogP) is 4.24. The highest BCUT2D eigenvalue weighted by atomic mass is 32.2. The largest absolute Gasteiger partial charge is 0.508 e. The van der Waals surface area contributed by atoms with Crippen LogP contribution in [0.5, 0.6) is 11.5 Å². The lowest BCUT2D eigenvalue weighted by atomic mass is 10.3. The summed E-state index contributed by atoms with van der Waals surface area (Å²) in [4.78, 5) is 12.2. The molecule has 0 heterocycles. The third kappa shape index (κ3) is 4.13. The molecule has 0 aliphatic carbocycles. The quantitative estimate of drug-likeness (QED) is 0.638. The molecule has 0 bridgehead atoms. The van der Waals surface area contributed by atoms with Crippen LogP contribution < -0.4 is 4.74 Å². The molecule has 0 amide bonds. The molecule has 0 atom stereocenters. The first kappa shape index (κ1) is 15.2. The van der Waals surface area contributed by atoms with Gasteiger partial charge in [0, 0.05) is 21.9 Å². The Kier molecular flexibility index (Phi) is 5.05. The van der Waals surface area contributed by atoms with Crippen molar-refractivity contribution in [1.29, 1.82) is 0 Å². The van der Waals surface area contributed by atoms with Gasteiger partial charge in [0.1, 0.15) is 5.75 Å². The van der Waals surface area contributed by atoms with Crippen LogP contribution in [-0.4, -0.2) is 16.6 Å². The average Bonchev–Trinajstić information content (AvgIpc) is 2.45. The van der Waals surface area contributed by atoms with Crippen LogP contribution in [0.2, 0.25) is 0 Å². The number of rotatable bonds is 6. The first-order chi connectivity index (χ1) is 10.1. The Morgan fingerprint density at radius 3 is 2.67 bits per heavy atom. The summed E-state index contributed by atoms with van der Waals surface area (Å²) in [5, 5.41) is 20.4. The molecule has 5 nitrogen and oxygen atoms in total. The molecule has 2 aromatic carbocycles. The summed E-state index contributed by atoms with van der Waals surface area (Å²) in [6.45, 7) is 2.37. The lowest BCUT2D eigenvalue weighted by Crippen LogP contribution is -1.99. The number of benzene rings is 2. The third-order valence-electron chi connectivity index (χ3n) is 2.64. The van der Waals surface area contributed by atoms with Gasteiger partial charge >= 0.3 is 5.69 Å². The normalized spacial score (nSPS) is 10.3. The maximum atomic E-state index is 11.0. The molecule has 0 fully saturated rings. The van der Waals surface area contributed by atoms with Crippen molar-refractivity contribution in [2.45, 2.75) is 23.1 Å². The molecule has 6 heteroatoms. The fourth-order valence-electron chi connectivity index (χ4n) is 1.72. The zero-order valence-electron chi connectivity index (χ0n) is 11.5. The Balaban J connectivity index is 2.26. The summed E-state index contributed by atoms with van der Waals surface area (Å²) in [7, 11) is 0. The zero-order chi connectivity index (χ0) is 15.2. The van der Waals surface area contributed by atoms with Crippen molar-refractivity contribution < 1.29 is 14.8 Å². The number of nitro benzene ring substituents is 1. The summed E-state index contributed by atoms with van der Waals surface area (Å²) in [5.41, 5.74) is -0.0382. The van der Waals surface area contributed by atoms with Crippen LogP contribution in [0, 0.1) is 10.1 Å². The van der Waals surface area contributed by atoms with Crippen LogP contribution >= 0.6 is 11.8 Å². The molecular weight excluding hydrogens is 290 g/mol. The molecule has 21 heavy (non-hydrogen) atoms. The van der Waals surface area contributed by atoms with Gasteiger partial charge in [0.25, 0.3) is 0 Å². The van der Waals surface area contributed by atoms with Gasteiger partial charge in [0.15, 0.2) is 5.75 Å². The Hall–Kier alpha value is -2.21. The Morgan fingerprint density at radius 2 is 2.00 bits per heavy atom. The molecule has 2 rings (SSSR count). The molecule has 0 radical (unpaired) electrons. The van der Waals surface area contributed by atoms with Crippen molar-refractivity contribution in [3.63, 3.8) is 0 Å². The van der Waals surface area contributed by atoms with Crippen LogP contribution in [0.3, 0.4) is 0 Å². The second kappa shape index (κ2) is 6.99. The van der Waals surface area contributed by atoms with Crippen molar-refractivity contribution in [2.24, 2.45) is 0 Å². The third-order valence-corrected chi connectivity index (χ3v) is 3.62. The van der Waals surface area contributed by atoms with E-state index in [1.54, 1.807) is 30.3 Å². The number of phenols is 1. The van der Waals surface area contributed by atoms with Crippen molar-refractivity contribution in [2.75, 3.05) is 6.61 Å². The van der Waals surface area contributed by atoms with E-state index in [0.717, 1.165) is 16.2 Å². The molecule has 1 N–H and O–H groups in total. The Bertz CT molecular complexity index is 645.